The maximum absolute atomic E-state index is 12.9. The Hall–Kier alpha value is -2.40. The van der Waals surface area contributed by atoms with E-state index in [4.69, 9.17) is 11.6 Å². The highest BCUT2D eigenvalue weighted by molar-refractivity contribution is 6.30. The van der Waals surface area contributed by atoms with E-state index in [9.17, 15) is 14.0 Å². The van der Waals surface area contributed by atoms with Gasteiger partial charge in [0.15, 0.2) is 0 Å². The summed E-state index contributed by atoms with van der Waals surface area (Å²) >= 11 is 5.95. The van der Waals surface area contributed by atoms with E-state index < -0.39 is 5.92 Å². The molecule has 24 heavy (non-hydrogen) atoms. The van der Waals surface area contributed by atoms with Crippen molar-refractivity contribution < 1.29 is 14.0 Å². The predicted molar refractivity (Wildman–Crippen MR) is 90.2 cm³/mol. The number of hydrogen-bond acceptors (Lipinski definition) is 2. The Kier molecular flexibility index (Phi) is 4.81. The van der Waals surface area contributed by atoms with Crippen LogP contribution in [0.2, 0.25) is 5.02 Å². The summed E-state index contributed by atoms with van der Waals surface area (Å²) in [5.74, 6) is -1.00. The Morgan fingerprint density at radius 3 is 2.71 bits per heavy atom. The van der Waals surface area contributed by atoms with E-state index in [0.717, 1.165) is 5.56 Å². The van der Waals surface area contributed by atoms with Gasteiger partial charge in [0, 0.05) is 30.2 Å². The molecule has 0 bridgehead atoms. The molecule has 124 valence electrons. The monoisotopic (exact) mass is 346 g/mol. The molecule has 6 heteroatoms. The molecule has 3 rings (SSSR count). The number of anilines is 1. The first kappa shape index (κ1) is 16.5. The first-order chi connectivity index (χ1) is 11.5. The lowest BCUT2D eigenvalue weighted by atomic mass is 10.1. The van der Waals surface area contributed by atoms with Gasteiger partial charge in [0.2, 0.25) is 11.8 Å². The molecule has 0 spiro atoms. The fourth-order valence-electron chi connectivity index (χ4n) is 2.71. The van der Waals surface area contributed by atoms with Crippen LogP contribution in [0.25, 0.3) is 0 Å². The van der Waals surface area contributed by atoms with Crippen LogP contribution in [0.5, 0.6) is 0 Å². The Morgan fingerprint density at radius 2 is 2.00 bits per heavy atom. The summed E-state index contributed by atoms with van der Waals surface area (Å²) in [6, 6.07) is 12.9. The summed E-state index contributed by atoms with van der Waals surface area (Å²) in [7, 11) is 0. The summed E-state index contributed by atoms with van der Waals surface area (Å²) in [4.78, 5) is 26.0. The molecular weight excluding hydrogens is 331 g/mol. The summed E-state index contributed by atoms with van der Waals surface area (Å²) < 4.78 is 12.9. The highest BCUT2D eigenvalue weighted by Gasteiger charge is 2.35. The van der Waals surface area contributed by atoms with Crippen LogP contribution in [0.4, 0.5) is 10.1 Å². The molecule has 1 aliphatic rings. The lowest BCUT2D eigenvalue weighted by molar-refractivity contribution is -0.126. The SMILES string of the molecule is O=C(NCc1ccc(F)cc1)[C@@H]1CC(=O)N(c2cccc(Cl)c2)C1. The predicted octanol–water partition coefficient (Wildman–Crippen LogP) is 3.15. The van der Waals surface area contributed by atoms with Gasteiger partial charge in [-0.2, -0.15) is 0 Å². The fraction of sp³-hybridized carbons (Fsp3) is 0.222. The number of carbonyl (C=O) groups excluding carboxylic acids is 2. The molecular formula is C18H16ClFN2O2. The van der Waals surface area contributed by atoms with Gasteiger partial charge in [-0.05, 0) is 35.9 Å². The Morgan fingerprint density at radius 1 is 1.25 bits per heavy atom. The van der Waals surface area contributed by atoms with Crippen LogP contribution < -0.4 is 10.2 Å². The van der Waals surface area contributed by atoms with Crippen molar-refractivity contribution in [2.75, 3.05) is 11.4 Å². The van der Waals surface area contributed by atoms with Crippen molar-refractivity contribution in [1.82, 2.24) is 5.32 Å². The molecule has 1 N–H and O–H groups in total. The minimum atomic E-state index is -0.406. The van der Waals surface area contributed by atoms with Crippen molar-refractivity contribution in [2.45, 2.75) is 13.0 Å². The van der Waals surface area contributed by atoms with Crippen molar-refractivity contribution in [3.8, 4) is 0 Å². The molecule has 0 aliphatic carbocycles. The van der Waals surface area contributed by atoms with Gasteiger partial charge in [-0.3, -0.25) is 9.59 Å². The van der Waals surface area contributed by atoms with Crippen LogP contribution in [-0.2, 0) is 16.1 Å². The fourth-order valence-corrected chi connectivity index (χ4v) is 2.90. The molecule has 4 nitrogen and oxygen atoms in total. The van der Waals surface area contributed by atoms with Crippen LogP contribution in [0.1, 0.15) is 12.0 Å². The van der Waals surface area contributed by atoms with Gasteiger partial charge >= 0.3 is 0 Å². The number of nitrogens with one attached hydrogen (secondary N) is 1. The van der Waals surface area contributed by atoms with Crippen molar-refractivity contribution in [3.05, 3.63) is 64.9 Å². The highest BCUT2D eigenvalue weighted by atomic mass is 35.5. The van der Waals surface area contributed by atoms with Crippen LogP contribution >= 0.6 is 11.6 Å². The van der Waals surface area contributed by atoms with Gasteiger partial charge in [0.1, 0.15) is 5.82 Å². The summed E-state index contributed by atoms with van der Waals surface area (Å²) in [5, 5.41) is 3.34. The number of hydrogen-bond donors (Lipinski definition) is 1. The van der Waals surface area contributed by atoms with E-state index in [2.05, 4.69) is 5.32 Å². The lowest BCUT2D eigenvalue weighted by Crippen LogP contribution is -2.32. The number of rotatable bonds is 4. The van der Waals surface area contributed by atoms with E-state index in [-0.39, 0.29) is 24.1 Å². The smallest absolute Gasteiger partial charge is 0.227 e. The number of halogens is 2. The third-order valence-electron chi connectivity index (χ3n) is 4.00. The summed E-state index contributed by atoms with van der Waals surface area (Å²) in [5.41, 5.74) is 1.50. The second kappa shape index (κ2) is 7.01. The van der Waals surface area contributed by atoms with Crippen molar-refractivity contribution in [2.24, 2.45) is 5.92 Å². The average Bonchev–Trinajstić information content (AvgIpc) is 2.96. The lowest BCUT2D eigenvalue weighted by Gasteiger charge is -2.17. The zero-order chi connectivity index (χ0) is 17.1. The van der Waals surface area contributed by atoms with Gasteiger partial charge in [-0.15, -0.1) is 0 Å². The van der Waals surface area contributed by atoms with Gasteiger partial charge in [0.05, 0.1) is 5.92 Å². The number of nitrogens with zero attached hydrogens (tertiary/aromatic N) is 1. The van der Waals surface area contributed by atoms with E-state index in [1.54, 1.807) is 41.3 Å². The molecule has 1 aliphatic heterocycles. The first-order valence-electron chi connectivity index (χ1n) is 7.61. The quantitative estimate of drug-likeness (QED) is 0.924. The van der Waals surface area contributed by atoms with E-state index in [0.29, 0.717) is 23.8 Å². The van der Waals surface area contributed by atoms with Gasteiger partial charge < -0.3 is 10.2 Å². The third kappa shape index (κ3) is 3.74. The van der Waals surface area contributed by atoms with E-state index in [1.165, 1.54) is 12.1 Å². The maximum atomic E-state index is 12.9. The highest BCUT2D eigenvalue weighted by Crippen LogP contribution is 2.27. The second-order valence-electron chi connectivity index (χ2n) is 5.73. The van der Waals surface area contributed by atoms with Crippen LogP contribution in [0.15, 0.2) is 48.5 Å². The average molecular weight is 347 g/mol. The minimum absolute atomic E-state index is 0.0980. The number of carbonyl (C=O) groups is 2. The van der Waals surface area contributed by atoms with E-state index in [1.807, 2.05) is 0 Å². The summed E-state index contributed by atoms with van der Waals surface area (Å²) in [6.07, 6.45) is 0.168. The number of benzene rings is 2. The molecule has 1 saturated heterocycles. The maximum Gasteiger partial charge on any atom is 0.227 e. The van der Waals surface area contributed by atoms with Gasteiger partial charge in [0.25, 0.3) is 0 Å². The van der Waals surface area contributed by atoms with Crippen LogP contribution in [-0.4, -0.2) is 18.4 Å². The molecule has 1 fully saturated rings. The van der Waals surface area contributed by atoms with Crippen LogP contribution in [0.3, 0.4) is 0 Å². The Balaban J connectivity index is 1.60. The standard InChI is InChI=1S/C18H16ClFN2O2/c19-14-2-1-3-16(9-14)22-11-13(8-17(22)23)18(24)21-10-12-4-6-15(20)7-5-12/h1-7,9,13H,8,10-11H2,(H,21,24)/t13-/m1/s1. The van der Waals surface area contributed by atoms with Crippen LogP contribution in [0, 0.1) is 11.7 Å². The zero-order valence-electron chi connectivity index (χ0n) is 12.8. The summed E-state index contributed by atoms with van der Waals surface area (Å²) in [6.45, 7) is 0.634. The molecule has 0 unspecified atom stereocenters. The second-order valence-corrected chi connectivity index (χ2v) is 6.17. The topological polar surface area (TPSA) is 49.4 Å². The molecule has 2 aromatic rings. The van der Waals surface area contributed by atoms with Crippen molar-refractivity contribution in [3.63, 3.8) is 0 Å². The third-order valence-corrected chi connectivity index (χ3v) is 4.23. The van der Waals surface area contributed by atoms with E-state index >= 15 is 0 Å². The van der Waals surface area contributed by atoms with Crippen molar-refractivity contribution in [1.29, 1.82) is 0 Å². The normalized spacial score (nSPS) is 17.2. The Bertz CT molecular complexity index is 764. The molecule has 0 aromatic heterocycles. The zero-order valence-corrected chi connectivity index (χ0v) is 13.6. The van der Waals surface area contributed by atoms with Gasteiger partial charge in [-0.1, -0.05) is 29.8 Å². The largest absolute Gasteiger partial charge is 0.352 e. The minimum Gasteiger partial charge on any atom is -0.352 e. The molecule has 2 aromatic carbocycles. The van der Waals surface area contributed by atoms with Gasteiger partial charge in [-0.25, -0.2) is 4.39 Å². The first-order valence-corrected chi connectivity index (χ1v) is 7.99. The Labute approximate surface area is 144 Å². The molecule has 0 radical (unpaired) electrons. The molecule has 0 saturated carbocycles. The van der Waals surface area contributed by atoms with Crippen molar-refractivity contribution >= 4 is 29.1 Å². The molecule has 1 atom stereocenters. The number of amides is 2. The molecule has 2 amide bonds. The molecule has 1 heterocycles.